The van der Waals surface area contributed by atoms with E-state index in [2.05, 4.69) is 43.2 Å². The predicted molar refractivity (Wildman–Crippen MR) is 78.1 cm³/mol. The first-order valence-electron chi connectivity index (χ1n) is 7.03. The predicted octanol–water partition coefficient (Wildman–Crippen LogP) is 4.12. The van der Waals surface area contributed by atoms with Crippen molar-refractivity contribution >= 4 is 16.5 Å². The Hall–Kier alpha value is -0.640. The molecule has 1 heterocycles. The molecule has 4 heteroatoms. The first kappa shape index (κ1) is 13.8. The molecule has 1 N–H and O–H groups in total. The van der Waals surface area contributed by atoms with E-state index in [0.29, 0.717) is 17.4 Å². The van der Waals surface area contributed by atoms with E-state index in [1.165, 1.54) is 25.7 Å². The fourth-order valence-corrected chi connectivity index (χ4v) is 3.77. The Labute approximate surface area is 114 Å². The summed E-state index contributed by atoms with van der Waals surface area (Å²) in [5.74, 6) is 0.652. The average Bonchev–Trinajstić information content (AvgIpc) is 2.62. The molecular formula is C14H25N3S. The highest BCUT2D eigenvalue weighted by atomic mass is 32.1. The fourth-order valence-electron chi connectivity index (χ4n) is 2.74. The maximum Gasteiger partial charge on any atom is 0.205 e. The van der Waals surface area contributed by atoms with E-state index in [9.17, 15) is 0 Å². The lowest BCUT2D eigenvalue weighted by Gasteiger charge is -2.35. The van der Waals surface area contributed by atoms with Gasteiger partial charge in [0.25, 0.3) is 0 Å². The van der Waals surface area contributed by atoms with Crippen LogP contribution in [0.2, 0.25) is 0 Å². The van der Waals surface area contributed by atoms with Gasteiger partial charge < -0.3 is 5.32 Å². The minimum Gasteiger partial charge on any atom is -0.357 e. The molecule has 0 amide bonds. The molecular weight excluding hydrogens is 242 g/mol. The summed E-state index contributed by atoms with van der Waals surface area (Å²) in [4.78, 5) is 0. The van der Waals surface area contributed by atoms with E-state index < -0.39 is 0 Å². The molecule has 3 nitrogen and oxygen atoms in total. The highest BCUT2D eigenvalue weighted by molar-refractivity contribution is 7.15. The third-order valence-electron chi connectivity index (χ3n) is 3.58. The van der Waals surface area contributed by atoms with Crippen molar-refractivity contribution in [2.45, 2.75) is 65.8 Å². The van der Waals surface area contributed by atoms with Crippen LogP contribution in [0.5, 0.6) is 0 Å². The molecule has 2 rings (SSSR count). The van der Waals surface area contributed by atoms with Crippen molar-refractivity contribution in [3.05, 3.63) is 5.01 Å². The van der Waals surface area contributed by atoms with Gasteiger partial charge in [0.2, 0.25) is 5.13 Å². The van der Waals surface area contributed by atoms with E-state index in [1.54, 1.807) is 11.3 Å². The number of hydrogen-bond donors (Lipinski definition) is 1. The smallest absolute Gasteiger partial charge is 0.205 e. The second-order valence-electron chi connectivity index (χ2n) is 6.70. The molecule has 1 unspecified atom stereocenters. The highest BCUT2D eigenvalue weighted by Gasteiger charge is 2.28. The molecule has 1 atom stereocenters. The van der Waals surface area contributed by atoms with Gasteiger partial charge in [-0.3, -0.25) is 0 Å². The van der Waals surface area contributed by atoms with Gasteiger partial charge in [0.1, 0.15) is 5.01 Å². The first-order chi connectivity index (χ1) is 8.44. The number of nitrogens with one attached hydrogen (secondary N) is 1. The third kappa shape index (κ3) is 3.94. The van der Waals surface area contributed by atoms with Crippen molar-refractivity contribution in [3.63, 3.8) is 0 Å². The Morgan fingerprint density at radius 1 is 1.39 bits per heavy atom. The standard InChI is InChI=1S/C14H25N3S/c1-10(2)8-12-16-17-13(18-12)15-11-6-5-7-14(3,4)9-11/h10-11H,5-9H2,1-4H3,(H,15,17). The van der Waals surface area contributed by atoms with Crippen LogP contribution in [-0.2, 0) is 6.42 Å². The Kier molecular flexibility index (Phi) is 4.25. The van der Waals surface area contributed by atoms with Crippen LogP contribution in [0.3, 0.4) is 0 Å². The summed E-state index contributed by atoms with van der Waals surface area (Å²) in [5, 5.41) is 14.3. The molecule has 0 saturated heterocycles. The summed E-state index contributed by atoms with van der Waals surface area (Å²) in [6.07, 6.45) is 6.21. The molecule has 1 aliphatic carbocycles. The maximum absolute atomic E-state index is 4.27. The molecule has 1 fully saturated rings. The lowest BCUT2D eigenvalue weighted by atomic mass is 9.75. The van der Waals surface area contributed by atoms with Crippen molar-refractivity contribution in [2.75, 3.05) is 5.32 Å². The Balaban J connectivity index is 1.91. The van der Waals surface area contributed by atoms with Crippen molar-refractivity contribution in [1.29, 1.82) is 0 Å². The number of aromatic nitrogens is 2. The number of rotatable bonds is 4. The monoisotopic (exact) mass is 267 g/mol. The van der Waals surface area contributed by atoms with E-state index in [1.807, 2.05) is 0 Å². The molecule has 18 heavy (non-hydrogen) atoms. The van der Waals surface area contributed by atoms with Crippen LogP contribution >= 0.6 is 11.3 Å². The lowest BCUT2D eigenvalue weighted by molar-refractivity contribution is 0.229. The zero-order valence-electron chi connectivity index (χ0n) is 12.0. The topological polar surface area (TPSA) is 37.8 Å². The molecule has 0 aliphatic heterocycles. The van der Waals surface area contributed by atoms with Gasteiger partial charge in [-0.2, -0.15) is 0 Å². The number of anilines is 1. The molecule has 0 radical (unpaired) electrons. The second kappa shape index (κ2) is 5.55. The quantitative estimate of drug-likeness (QED) is 0.892. The Morgan fingerprint density at radius 3 is 2.83 bits per heavy atom. The van der Waals surface area contributed by atoms with Crippen molar-refractivity contribution in [3.8, 4) is 0 Å². The minimum atomic E-state index is 0.474. The molecule has 1 aliphatic rings. The summed E-state index contributed by atoms with van der Waals surface area (Å²) >= 11 is 1.72. The van der Waals surface area contributed by atoms with Crippen LogP contribution in [-0.4, -0.2) is 16.2 Å². The van der Waals surface area contributed by atoms with E-state index in [-0.39, 0.29) is 0 Å². The van der Waals surface area contributed by atoms with Crippen LogP contribution in [0.4, 0.5) is 5.13 Å². The number of nitrogens with zero attached hydrogens (tertiary/aromatic N) is 2. The third-order valence-corrected chi connectivity index (χ3v) is 4.46. The van der Waals surface area contributed by atoms with Crippen LogP contribution in [0.1, 0.15) is 58.4 Å². The Morgan fingerprint density at radius 2 is 2.17 bits per heavy atom. The van der Waals surface area contributed by atoms with Crippen molar-refractivity contribution in [2.24, 2.45) is 11.3 Å². The molecule has 0 aromatic carbocycles. The van der Waals surface area contributed by atoms with Gasteiger partial charge >= 0.3 is 0 Å². The molecule has 0 spiro atoms. The SMILES string of the molecule is CC(C)Cc1nnc(NC2CCCC(C)(C)C2)s1. The van der Waals surface area contributed by atoms with Gasteiger partial charge in [0.15, 0.2) is 0 Å². The van der Waals surface area contributed by atoms with Crippen molar-refractivity contribution < 1.29 is 0 Å². The normalized spacial score (nSPS) is 23.3. The molecule has 1 aromatic rings. The zero-order chi connectivity index (χ0) is 13.2. The van der Waals surface area contributed by atoms with Crippen LogP contribution in [0, 0.1) is 11.3 Å². The molecule has 102 valence electrons. The van der Waals surface area contributed by atoms with Crippen LogP contribution in [0.15, 0.2) is 0 Å². The van der Waals surface area contributed by atoms with E-state index >= 15 is 0 Å². The van der Waals surface area contributed by atoms with Crippen LogP contribution in [0.25, 0.3) is 0 Å². The zero-order valence-corrected chi connectivity index (χ0v) is 12.8. The number of hydrogen-bond acceptors (Lipinski definition) is 4. The Bertz CT molecular complexity index is 384. The van der Waals surface area contributed by atoms with E-state index in [4.69, 9.17) is 0 Å². The average molecular weight is 267 g/mol. The molecule has 0 bridgehead atoms. The van der Waals surface area contributed by atoms with Gasteiger partial charge in [-0.25, -0.2) is 0 Å². The summed E-state index contributed by atoms with van der Waals surface area (Å²) in [7, 11) is 0. The summed E-state index contributed by atoms with van der Waals surface area (Å²) in [5.41, 5.74) is 0.474. The van der Waals surface area contributed by atoms with Gasteiger partial charge in [0.05, 0.1) is 0 Å². The molecule has 1 saturated carbocycles. The second-order valence-corrected chi connectivity index (χ2v) is 7.76. The fraction of sp³-hybridized carbons (Fsp3) is 0.857. The van der Waals surface area contributed by atoms with Gasteiger partial charge in [0, 0.05) is 12.5 Å². The van der Waals surface area contributed by atoms with Crippen LogP contribution < -0.4 is 5.32 Å². The van der Waals surface area contributed by atoms with E-state index in [0.717, 1.165) is 16.6 Å². The largest absolute Gasteiger partial charge is 0.357 e. The molecule has 1 aromatic heterocycles. The minimum absolute atomic E-state index is 0.474. The maximum atomic E-state index is 4.27. The van der Waals surface area contributed by atoms with Crippen molar-refractivity contribution in [1.82, 2.24) is 10.2 Å². The van der Waals surface area contributed by atoms with Gasteiger partial charge in [-0.1, -0.05) is 45.5 Å². The summed E-state index contributed by atoms with van der Waals surface area (Å²) in [6.45, 7) is 9.17. The first-order valence-corrected chi connectivity index (χ1v) is 7.85. The lowest BCUT2D eigenvalue weighted by Crippen LogP contribution is -2.31. The van der Waals surface area contributed by atoms with Gasteiger partial charge in [-0.15, -0.1) is 10.2 Å². The van der Waals surface area contributed by atoms with Gasteiger partial charge in [-0.05, 0) is 30.6 Å². The summed E-state index contributed by atoms with van der Waals surface area (Å²) < 4.78 is 0. The highest BCUT2D eigenvalue weighted by Crippen LogP contribution is 2.36. The summed E-state index contributed by atoms with van der Waals surface area (Å²) in [6, 6.07) is 0.577.